The van der Waals surface area contributed by atoms with Crippen molar-refractivity contribution in [3.05, 3.63) is 78.4 Å². The number of carbonyl (C=O) groups is 1. The van der Waals surface area contributed by atoms with E-state index in [4.69, 9.17) is 4.63 Å². The highest BCUT2D eigenvalue weighted by Crippen LogP contribution is 2.24. The molecule has 0 aliphatic heterocycles. The maximum Gasteiger partial charge on any atom is 0.230 e. The monoisotopic (exact) mass is 329 g/mol. The van der Waals surface area contributed by atoms with Crippen LogP contribution in [0.4, 0.5) is 5.82 Å². The van der Waals surface area contributed by atoms with Crippen LogP contribution in [0.1, 0.15) is 5.56 Å². The van der Waals surface area contributed by atoms with Gasteiger partial charge in [-0.3, -0.25) is 4.79 Å². The first kappa shape index (κ1) is 15.1. The molecule has 1 heterocycles. The molecule has 0 aliphatic rings. The standard InChI is InChI=1S/C20H15N3O2/c24-18(13-16-11-6-10-14-7-4-5-12-17(14)16)21-20-19(22-25-23-20)15-8-2-1-3-9-15/h1-12H,13H2,(H,21,23,24). The Labute approximate surface area is 144 Å². The third-order valence-corrected chi connectivity index (χ3v) is 4.02. The van der Waals surface area contributed by atoms with Crippen molar-refractivity contribution in [2.45, 2.75) is 6.42 Å². The fourth-order valence-corrected chi connectivity index (χ4v) is 2.85. The molecule has 5 heteroatoms. The van der Waals surface area contributed by atoms with Gasteiger partial charge in [-0.25, -0.2) is 4.63 Å². The van der Waals surface area contributed by atoms with Crippen LogP contribution in [0.5, 0.6) is 0 Å². The number of nitrogens with zero attached hydrogens (tertiary/aromatic N) is 2. The fourth-order valence-electron chi connectivity index (χ4n) is 2.85. The molecule has 0 unspecified atom stereocenters. The largest absolute Gasteiger partial charge is 0.306 e. The number of rotatable bonds is 4. The van der Waals surface area contributed by atoms with Gasteiger partial charge in [0.1, 0.15) is 0 Å². The first-order chi connectivity index (χ1) is 12.3. The number of anilines is 1. The highest BCUT2D eigenvalue weighted by Gasteiger charge is 2.15. The van der Waals surface area contributed by atoms with Crippen LogP contribution in [0.15, 0.2) is 77.4 Å². The molecule has 4 rings (SSSR count). The zero-order valence-electron chi connectivity index (χ0n) is 13.3. The molecule has 25 heavy (non-hydrogen) atoms. The third-order valence-electron chi connectivity index (χ3n) is 4.02. The second kappa shape index (κ2) is 6.57. The number of carbonyl (C=O) groups excluding carboxylic acids is 1. The van der Waals surface area contributed by atoms with Crippen LogP contribution in [0, 0.1) is 0 Å². The van der Waals surface area contributed by atoms with E-state index in [1.54, 1.807) is 0 Å². The van der Waals surface area contributed by atoms with Crippen molar-refractivity contribution in [3.8, 4) is 11.3 Å². The van der Waals surface area contributed by atoms with E-state index in [0.717, 1.165) is 21.9 Å². The summed E-state index contributed by atoms with van der Waals surface area (Å²) in [7, 11) is 0. The zero-order chi connectivity index (χ0) is 17.1. The predicted octanol–water partition coefficient (Wildman–Crippen LogP) is 4.07. The van der Waals surface area contributed by atoms with E-state index in [9.17, 15) is 4.79 Å². The molecule has 0 fully saturated rings. The molecular weight excluding hydrogens is 314 g/mol. The van der Waals surface area contributed by atoms with Gasteiger partial charge in [0.15, 0.2) is 5.69 Å². The van der Waals surface area contributed by atoms with Crippen molar-refractivity contribution in [1.29, 1.82) is 0 Å². The SMILES string of the molecule is O=C(Cc1cccc2ccccc12)Nc1nonc1-c1ccccc1. The Morgan fingerprint density at radius 2 is 1.64 bits per heavy atom. The van der Waals surface area contributed by atoms with Crippen molar-refractivity contribution < 1.29 is 9.42 Å². The molecule has 0 atom stereocenters. The minimum absolute atomic E-state index is 0.163. The van der Waals surface area contributed by atoms with Gasteiger partial charge in [0, 0.05) is 5.56 Å². The summed E-state index contributed by atoms with van der Waals surface area (Å²) in [6, 6.07) is 23.4. The van der Waals surface area contributed by atoms with Gasteiger partial charge in [0.25, 0.3) is 0 Å². The van der Waals surface area contributed by atoms with Crippen molar-refractivity contribution >= 4 is 22.5 Å². The van der Waals surface area contributed by atoms with Gasteiger partial charge in [-0.05, 0) is 26.6 Å². The lowest BCUT2D eigenvalue weighted by Gasteiger charge is -2.07. The van der Waals surface area contributed by atoms with Crippen molar-refractivity contribution in [1.82, 2.24) is 10.3 Å². The average molecular weight is 329 g/mol. The van der Waals surface area contributed by atoms with E-state index in [-0.39, 0.29) is 12.3 Å². The summed E-state index contributed by atoms with van der Waals surface area (Å²) in [6.45, 7) is 0. The summed E-state index contributed by atoms with van der Waals surface area (Å²) in [5.41, 5.74) is 2.32. The van der Waals surface area contributed by atoms with Crippen LogP contribution in [0.3, 0.4) is 0 Å². The molecule has 0 aliphatic carbocycles. The van der Waals surface area contributed by atoms with Crippen LogP contribution in [0.25, 0.3) is 22.0 Å². The Bertz CT molecular complexity index is 1020. The van der Waals surface area contributed by atoms with Gasteiger partial charge in [-0.15, -0.1) is 0 Å². The smallest absolute Gasteiger partial charge is 0.230 e. The average Bonchev–Trinajstić information content (AvgIpc) is 3.11. The fraction of sp³-hybridized carbons (Fsp3) is 0.0500. The summed E-state index contributed by atoms with van der Waals surface area (Å²) < 4.78 is 4.81. The van der Waals surface area contributed by atoms with E-state index < -0.39 is 0 Å². The summed E-state index contributed by atoms with van der Waals surface area (Å²) >= 11 is 0. The molecule has 3 aromatic carbocycles. The lowest BCUT2D eigenvalue weighted by atomic mass is 10.0. The molecule has 5 nitrogen and oxygen atoms in total. The topological polar surface area (TPSA) is 68.0 Å². The molecule has 0 saturated heterocycles. The van der Waals surface area contributed by atoms with Crippen LogP contribution in [0.2, 0.25) is 0 Å². The van der Waals surface area contributed by atoms with E-state index in [1.807, 2.05) is 72.8 Å². The molecule has 1 aromatic heterocycles. The first-order valence-corrected chi connectivity index (χ1v) is 7.96. The number of amides is 1. The zero-order valence-corrected chi connectivity index (χ0v) is 13.3. The summed E-state index contributed by atoms with van der Waals surface area (Å²) in [4.78, 5) is 12.5. The number of hydrogen-bond acceptors (Lipinski definition) is 4. The number of hydrogen-bond donors (Lipinski definition) is 1. The number of aromatic nitrogens is 2. The van der Waals surface area contributed by atoms with E-state index >= 15 is 0 Å². The molecule has 0 spiro atoms. The Kier molecular flexibility index (Phi) is 3.96. The second-order valence-corrected chi connectivity index (χ2v) is 5.69. The predicted molar refractivity (Wildman–Crippen MR) is 96.0 cm³/mol. The van der Waals surface area contributed by atoms with Crippen LogP contribution < -0.4 is 5.32 Å². The van der Waals surface area contributed by atoms with Gasteiger partial charge in [0.2, 0.25) is 11.7 Å². The minimum Gasteiger partial charge on any atom is -0.306 e. The van der Waals surface area contributed by atoms with Crippen molar-refractivity contribution in [3.63, 3.8) is 0 Å². The van der Waals surface area contributed by atoms with Gasteiger partial charge < -0.3 is 5.32 Å². The van der Waals surface area contributed by atoms with E-state index in [1.165, 1.54) is 0 Å². The maximum absolute atomic E-state index is 12.5. The third kappa shape index (κ3) is 3.12. The lowest BCUT2D eigenvalue weighted by Crippen LogP contribution is -2.15. The quantitative estimate of drug-likeness (QED) is 0.613. The molecule has 1 amide bonds. The van der Waals surface area contributed by atoms with Crippen molar-refractivity contribution in [2.24, 2.45) is 0 Å². The Morgan fingerprint density at radius 3 is 2.52 bits per heavy atom. The van der Waals surface area contributed by atoms with Crippen LogP contribution >= 0.6 is 0 Å². The van der Waals surface area contributed by atoms with Gasteiger partial charge in [-0.1, -0.05) is 72.8 Å². The molecular formula is C20H15N3O2. The Balaban J connectivity index is 1.57. The van der Waals surface area contributed by atoms with Gasteiger partial charge in [-0.2, -0.15) is 0 Å². The first-order valence-electron chi connectivity index (χ1n) is 7.96. The minimum atomic E-state index is -0.163. The molecule has 1 N–H and O–H groups in total. The molecule has 0 radical (unpaired) electrons. The highest BCUT2D eigenvalue weighted by molar-refractivity contribution is 5.97. The Morgan fingerprint density at radius 1 is 0.880 bits per heavy atom. The van der Waals surface area contributed by atoms with Crippen molar-refractivity contribution in [2.75, 3.05) is 5.32 Å². The molecule has 122 valence electrons. The number of nitrogens with one attached hydrogen (secondary N) is 1. The van der Waals surface area contributed by atoms with Gasteiger partial charge in [0.05, 0.1) is 6.42 Å². The molecule has 0 bridgehead atoms. The highest BCUT2D eigenvalue weighted by atomic mass is 16.6. The summed E-state index contributed by atoms with van der Waals surface area (Å²) in [5.74, 6) is 0.167. The summed E-state index contributed by atoms with van der Waals surface area (Å²) in [6.07, 6.45) is 0.252. The van der Waals surface area contributed by atoms with E-state index in [0.29, 0.717) is 11.5 Å². The second-order valence-electron chi connectivity index (χ2n) is 5.69. The molecule has 4 aromatic rings. The summed E-state index contributed by atoms with van der Waals surface area (Å²) in [5, 5.41) is 12.7. The maximum atomic E-state index is 12.5. The van der Waals surface area contributed by atoms with E-state index in [2.05, 4.69) is 15.6 Å². The van der Waals surface area contributed by atoms with Crippen LogP contribution in [-0.4, -0.2) is 16.2 Å². The molecule has 0 saturated carbocycles. The Hall–Kier alpha value is -3.47. The number of fused-ring (bicyclic) bond motifs is 1. The van der Waals surface area contributed by atoms with Gasteiger partial charge >= 0.3 is 0 Å². The number of benzene rings is 3. The van der Waals surface area contributed by atoms with Crippen LogP contribution in [-0.2, 0) is 11.2 Å². The lowest BCUT2D eigenvalue weighted by molar-refractivity contribution is -0.115. The normalized spacial score (nSPS) is 10.7.